The van der Waals surface area contributed by atoms with Crippen molar-refractivity contribution in [2.24, 2.45) is 11.3 Å². The van der Waals surface area contributed by atoms with Crippen molar-refractivity contribution in [2.45, 2.75) is 52.1 Å². The summed E-state index contributed by atoms with van der Waals surface area (Å²) in [7, 11) is 0. The van der Waals surface area contributed by atoms with E-state index in [0.717, 1.165) is 12.3 Å². The molecule has 1 heteroatoms. The zero-order valence-corrected chi connectivity index (χ0v) is 8.71. The van der Waals surface area contributed by atoms with Gasteiger partial charge in [0, 0.05) is 0 Å². The highest BCUT2D eigenvalue weighted by Crippen LogP contribution is 2.54. The van der Waals surface area contributed by atoms with Crippen LogP contribution in [0, 0.1) is 11.3 Å². The summed E-state index contributed by atoms with van der Waals surface area (Å²) in [5.74, 6) is 0.752. The first-order chi connectivity index (χ1) is 6.18. The largest absolute Gasteiger partial charge is 0.389 e. The Hall–Kier alpha value is -0.300. The van der Waals surface area contributed by atoms with Gasteiger partial charge in [0.1, 0.15) is 0 Å². The molecule has 2 saturated carbocycles. The lowest BCUT2D eigenvalue weighted by Crippen LogP contribution is -2.27. The van der Waals surface area contributed by atoms with E-state index >= 15 is 0 Å². The molecule has 13 heavy (non-hydrogen) atoms. The maximum Gasteiger partial charge on any atom is 0.0758 e. The first kappa shape index (κ1) is 9.26. The molecule has 1 nitrogen and oxygen atoms in total. The van der Waals surface area contributed by atoms with Gasteiger partial charge in [0.05, 0.1) is 6.10 Å². The summed E-state index contributed by atoms with van der Waals surface area (Å²) in [6, 6.07) is 0. The Morgan fingerprint density at radius 1 is 1.46 bits per heavy atom. The van der Waals surface area contributed by atoms with Crippen LogP contribution < -0.4 is 0 Å². The van der Waals surface area contributed by atoms with Crippen molar-refractivity contribution in [2.75, 3.05) is 0 Å². The van der Waals surface area contributed by atoms with E-state index in [2.05, 4.69) is 19.9 Å². The third kappa shape index (κ3) is 1.25. The van der Waals surface area contributed by atoms with Crippen LogP contribution in [0.15, 0.2) is 11.6 Å². The van der Waals surface area contributed by atoms with Crippen LogP contribution >= 0.6 is 0 Å². The fourth-order valence-electron chi connectivity index (χ4n) is 3.46. The Bertz CT molecular complexity index is 231. The fraction of sp³-hybridized carbons (Fsp3) is 0.833. The minimum absolute atomic E-state index is 0.141. The lowest BCUT2D eigenvalue weighted by atomic mass is 9.68. The average Bonchev–Trinajstić information content (AvgIpc) is 2.35. The Kier molecular flexibility index (Phi) is 2.23. The van der Waals surface area contributed by atoms with Crippen molar-refractivity contribution >= 4 is 0 Å². The van der Waals surface area contributed by atoms with E-state index < -0.39 is 0 Å². The minimum atomic E-state index is -0.141. The monoisotopic (exact) mass is 180 g/mol. The van der Waals surface area contributed by atoms with Gasteiger partial charge in [-0.25, -0.2) is 0 Å². The molecule has 2 aliphatic carbocycles. The lowest BCUT2D eigenvalue weighted by molar-refractivity contribution is 0.181. The van der Waals surface area contributed by atoms with E-state index in [0.29, 0.717) is 5.41 Å². The molecule has 0 amide bonds. The van der Waals surface area contributed by atoms with Gasteiger partial charge in [-0.05, 0) is 43.1 Å². The predicted molar refractivity (Wildman–Crippen MR) is 54.4 cm³/mol. The zero-order chi connectivity index (χ0) is 9.47. The van der Waals surface area contributed by atoms with Crippen molar-refractivity contribution in [1.82, 2.24) is 0 Å². The number of aliphatic hydroxyl groups excluding tert-OH is 1. The molecule has 0 spiro atoms. The minimum Gasteiger partial charge on any atom is -0.389 e. The summed E-state index contributed by atoms with van der Waals surface area (Å²) in [5.41, 5.74) is 1.66. The van der Waals surface area contributed by atoms with E-state index in [4.69, 9.17) is 0 Å². The van der Waals surface area contributed by atoms with E-state index in [1.807, 2.05) is 0 Å². The van der Waals surface area contributed by atoms with Gasteiger partial charge in [0.15, 0.2) is 0 Å². The van der Waals surface area contributed by atoms with Crippen molar-refractivity contribution in [3.05, 3.63) is 11.6 Å². The van der Waals surface area contributed by atoms with Gasteiger partial charge in [-0.2, -0.15) is 0 Å². The second-order valence-electron chi connectivity index (χ2n) is 4.86. The third-order valence-electron chi connectivity index (χ3n) is 4.24. The highest BCUT2D eigenvalue weighted by atomic mass is 16.3. The molecular formula is C12H20O. The second kappa shape index (κ2) is 3.13. The van der Waals surface area contributed by atoms with Crippen LogP contribution in [-0.4, -0.2) is 11.2 Å². The first-order valence-corrected chi connectivity index (χ1v) is 5.53. The van der Waals surface area contributed by atoms with Gasteiger partial charge in [0.25, 0.3) is 0 Å². The van der Waals surface area contributed by atoms with Gasteiger partial charge < -0.3 is 5.11 Å². The number of aliphatic hydroxyl groups is 1. The smallest absolute Gasteiger partial charge is 0.0758 e. The molecule has 3 atom stereocenters. The van der Waals surface area contributed by atoms with Gasteiger partial charge >= 0.3 is 0 Å². The van der Waals surface area contributed by atoms with Crippen LogP contribution in [0.2, 0.25) is 0 Å². The molecule has 74 valence electrons. The van der Waals surface area contributed by atoms with E-state index in [1.54, 1.807) is 0 Å². The molecule has 3 unspecified atom stereocenters. The van der Waals surface area contributed by atoms with Crippen LogP contribution in [0.5, 0.6) is 0 Å². The molecule has 1 N–H and O–H groups in total. The number of rotatable bonds is 0. The van der Waals surface area contributed by atoms with Crippen molar-refractivity contribution in [3.8, 4) is 0 Å². The first-order valence-electron chi connectivity index (χ1n) is 5.53. The topological polar surface area (TPSA) is 20.2 Å². The molecule has 0 radical (unpaired) electrons. The number of fused-ring (bicyclic) bond motifs is 1. The standard InChI is InChI=1S/C12H20O/c1-3-10-11(13)8-9-6-4-5-7-12(9,10)2/h3,9,11,13H,4-8H2,1-2H3. The second-order valence-corrected chi connectivity index (χ2v) is 4.86. The van der Waals surface area contributed by atoms with Crippen LogP contribution in [0.4, 0.5) is 0 Å². The number of hydrogen-bond donors (Lipinski definition) is 1. The van der Waals surface area contributed by atoms with Crippen LogP contribution in [0.3, 0.4) is 0 Å². The Morgan fingerprint density at radius 2 is 2.23 bits per heavy atom. The highest BCUT2D eigenvalue weighted by Gasteiger charge is 2.47. The van der Waals surface area contributed by atoms with Gasteiger partial charge in [-0.1, -0.05) is 25.8 Å². The SMILES string of the molecule is CC=C1C(O)CC2CCCCC12C. The summed E-state index contributed by atoms with van der Waals surface area (Å²) in [6.07, 6.45) is 8.34. The highest BCUT2D eigenvalue weighted by molar-refractivity contribution is 5.25. The van der Waals surface area contributed by atoms with E-state index in [-0.39, 0.29) is 6.10 Å². The maximum absolute atomic E-state index is 9.92. The maximum atomic E-state index is 9.92. The number of allylic oxidation sites excluding steroid dienone is 1. The summed E-state index contributed by atoms with van der Waals surface area (Å²) < 4.78 is 0. The Balaban J connectivity index is 2.30. The third-order valence-corrected chi connectivity index (χ3v) is 4.24. The van der Waals surface area contributed by atoms with Gasteiger partial charge in [-0.15, -0.1) is 0 Å². The van der Waals surface area contributed by atoms with Crippen LogP contribution in [0.25, 0.3) is 0 Å². The Labute approximate surface area is 80.8 Å². The van der Waals surface area contributed by atoms with E-state index in [9.17, 15) is 5.11 Å². The Morgan fingerprint density at radius 3 is 2.92 bits per heavy atom. The molecule has 0 heterocycles. The summed E-state index contributed by atoms with van der Waals surface area (Å²) in [6.45, 7) is 4.42. The molecule has 0 aromatic carbocycles. The summed E-state index contributed by atoms with van der Waals surface area (Å²) >= 11 is 0. The van der Waals surface area contributed by atoms with Crippen LogP contribution in [-0.2, 0) is 0 Å². The summed E-state index contributed by atoms with van der Waals surface area (Å²) in [5, 5.41) is 9.92. The molecule has 0 aromatic rings. The summed E-state index contributed by atoms with van der Waals surface area (Å²) in [4.78, 5) is 0. The molecule has 2 fully saturated rings. The molecule has 0 aromatic heterocycles. The van der Waals surface area contributed by atoms with Gasteiger partial charge in [-0.3, -0.25) is 0 Å². The van der Waals surface area contributed by atoms with E-state index in [1.165, 1.54) is 31.3 Å². The van der Waals surface area contributed by atoms with Crippen molar-refractivity contribution in [1.29, 1.82) is 0 Å². The number of hydrogen-bond acceptors (Lipinski definition) is 1. The van der Waals surface area contributed by atoms with Gasteiger partial charge in [0.2, 0.25) is 0 Å². The predicted octanol–water partition coefficient (Wildman–Crippen LogP) is 2.89. The molecule has 0 saturated heterocycles. The normalized spacial score (nSPS) is 48.1. The molecule has 2 aliphatic rings. The quantitative estimate of drug-likeness (QED) is 0.568. The molecule has 0 bridgehead atoms. The lowest BCUT2D eigenvalue weighted by Gasteiger charge is -2.37. The average molecular weight is 180 g/mol. The van der Waals surface area contributed by atoms with Crippen molar-refractivity contribution < 1.29 is 5.11 Å². The zero-order valence-electron chi connectivity index (χ0n) is 8.71. The molecule has 0 aliphatic heterocycles. The van der Waals surface area contributed by atoms with Crippen molar-refractivity contribution in [3.63, 3.8) is 0 Å². The molecular weight excluding hydrogens is 160 g/mol. The molecule has 2 rings (SSSR count). The van der Waals surface area contributed by atoms with Crippen LogP contribution in [0.1, 0.15) is 46.0 Å². The fourth-order valence-corrected chi connectivity index (χ4v) is 3.46.